The topological polar surface area (TPSA) is 0 Å². The molecule has 0 spiro atoms. The Kier molecular flexibility index (Phi) is 1.35. The van der Waals surface area contributed by atoms with Crippen LogP contribution >= 0.6 is 0 Å². The lowest BCUT2D eigenvalue weighted by atomic mass is 9.72. The van der Waals surface area contributed by atoms with Crippen molar-refractivity contribution >= 4 is 6.98 Å². The van der Waals surface area contributed by atoms with Gasteiger partial charge in [-0.2, -0.15) is 0 Å². The maximum Gasteiger partial charge on any atom is 0.505 e. The van der Waals surface area contributed by atoms with Crippen molar-refractivity contribution in [3.05, 3.63) is 11.5 Å². The first-order valence-corrected chi connectivity index (χ1v) is 3.99. The van der Waals surface area contributed by atoms with E-state index >= 15 is 0 Å². The Bertz CT molecular complexity index is 206. The molecule has 62 valence electrons. The van der Waals surface area contributed by atoms with E-state index in [-0.39, 0.29) is 17.3 Å². The summed E-state index contributed by atoms with van der Waals surface area (Å²) >= 11 is 0. The van der Waals surface area contributed by atoms with Crippen LogP contribution in [0.25, 0.3) is 0 Å². The van der Waals surface area contributed by atoms with Gasteiger partial charge in [0.1, 0.15) is 0 Å². The lowest BCUT2D eigenvalue weighted by Gasteiger charge is -2.23. The van der Waals surface area contributed by atoms with E-state index in [1.165, 1.54) is 6.08 Å². The highest BCUT2D eigenvalue weighted by molar-refractivity contribution is 6.67. The highest BCUT2D eigenvalue weighted by atomic mass is 19.4. The standard InChI is InChI=1S/C7H9BF3/c9-8(10,11)7-4-5-1-2-6(7)3-5/h4-6H,1-3H2/q-1. The zero-order valence-corrected chi connectivity index (χ0v) is 6.06. The summed E-state index contributed by atoms with van der Waals surface area (Å²) < 4.78 is 36.6. The molecular weight excluding hydrogens is 152 g/mol. The van der Waals surface area contributed by atoms with Gasteiger partial charge in [0, 0.05) is 0 Å². The quantitative estimate of drug-likeness (QED) is 0.518. The summed E-state index contributed by atoms with van der Waals surface area (Å²) in [6.45, 7) is -4.67. The average Bonchev–Trinajstić information content (AvgIpc) is 2.42. The molecule has 1 fully saturated rings. The third-order valence-corrected chi connectivity index (χ3v) is 2.75. The third kappa shape index (κ3) is 1.08. The number of hydrogen-bond donors (Lipinski definition) is 0. The summed E-state index contributed by atoms with van der Waals surface area (Å²) in [5.41, 5.74) is -0.193. The van der Waals surface area contributed by atoms with Gasteiger partial charge in [0.05, 0.1) is 0 Å². The second-order valence-corrected chi connectivity index (χ2v) is 3.51. The van der Waals surface area contributed by atoms with Crippen LogP contribution in [0.15, 0.2) is 11.5 Å². The van der Waals surface area contributed by atoms with Crippen molar-refractivity contribution in [2.75, 3.05) is 0 Å². The SMILES string of the molecule is F[B-](F)(F)C1=CC2CCC1C2. The van der Waals surface area contributed by atoms with E-state index < -0.39 is 6.98 Å². The van der Waals surface area contributed by atoms with Gasteiger partial charge in [-0.15, -0.1) is 11.5 Å². The van der Waals surface area contributed by atoms with Crippen LogP contribution in [0.4, 0.5) is 12.9 Å². The summed E-state index contributed by atoms with van der Waals surface area (Å²) in [7, 11) is 0. The van der Waals surface area contributed by atoms with E-state index in [2.05, 4.69) is 0 Å². The first-order chi connectivity index (χ1) is 5.07. The number of allylic oxidation sites excluding steroid dienone is 2. The van der Waals surface area contributed by atoms with E-state index in [0.717, 1.165) is 19.3 Å². The van der Waals surface area contributed by atoms with Crippen molar-refractivity contribution in [3.63, 3.8) is 0 Å². The molecule has 2 atom stereocenters. The van der Waals surface area contributed by atoms with Crippen molar-refractivity contribution in [2.45, 2.75) is 19.3 Å². The highest BCUT2D eigenvalue weighted by Gasteiger charge is 2.41. The minimum atomic E-state index is -4.67. The van der Waals surface area contributed by atoms with E-state index in [0.29, 0.717) is 0 Å². The fraction of sp³-hybridized carbons (Fsp3) is 0.714. The van der Waals surface area contributed by atoms with Gasteiger partial charge in [-0.25, -0.2) is 0 Å². The molecule has 0 N–H and O–H groups in total. The van der Waals surface area contributed by atoms with Gasteiger partial charge in [-0.3, -0.25) is 0 Å². The minimum Gasteiger partial charge on any atom is -0.445 e. The van der Waals surface area contributed by atoms with E-state index in [1.807, 2.05) is 0 Å². The molecule has 2 aliphatic carbocycles. The minimum absolute atomic E-state index is 0.139. The molecule has 0 aromatic rings. The van der Waals surface area contributed by atoms with E-state index in [1.54, 1.807) is 0 Å². The molecule has 2 bridgehead atoms. The molecule has 2 aliphatic rings. The molecule has 11 heavy (non-hydrogen) atoms. The fourth-order valence-electron chi connectivity index (χ4n) is 2.26. The monoisotopic (exact) mass is 161 g/mol. The smallest absolute Gasteiger partial charge is 0.445 e. The second-order valence-electron chi connectivity index (χ2n) is 3.51. The van der Waals surface area contributed by atoms with Crippen molar-refractivity contribution < 1.29 is 12.9 Å². The van der Waals surface area contributed by atoms with Crippen LogP contribution in [0.3, 0.4) is 0 Å². The van der Waals surface area contributed by atoms with Crippen LogP contribution in [0, 0.1) is 11.8 Å². The second kappa shape index (κ2) is 2.05. The zero-order valence-electron chi connectivity index (χ0n) is 6.06. The molecule has 0 radical (unpaired) electrons. The predicted molar refractivity (Wildman–Crippen MR) is 38.0 cm³/mol. The molecule has 0 aromatic heterocycles. The number of halogens is 3. The average molecular weight is 161 g/mol. The summed E-state index contributed by atoms with van der Waals surface area (Å²) in [4.78, 5) is 0. The van der Waals surface area contributed by atoms with Crippen LogP contribution in [-0.4, -0.2) is 6.98 Å². The lowest BCUT2D eigenvalue weighted by molar-refractivity contribution is 0.470. The molecule has 2 rings (SSSR count). The molecule has 4 heteroatoms. The number of hydrogen-bond acceptors (Lipinski definition) is 0. The Labute approximate surface area is 63.5 Å². The summed E-state index contributed by atoms with van der Waals surface area (Å²) in [5, 5.41) is 0. The van der Waals surface area contributed by atoms with Gasteiger partial charge in [-0.05, 0) is 31.1 Å². The van der Waals surface area contributed by atoms with Crippen LogP contribution < -0.4 is 0 Å². The molecule has 0 aromatic carbocycles. The predicted octanol–water partition coefficient (Wildman–Crippen LogP) is 2.73. The lowest BCUT2D eigenvalue weighted by Crippen LogP contribution is -2.23. The van der Waals surface area contributed by atoms with Gasteiger partial charge in [-0.1, -0.05) is 0 Å². The Balaban J connectivity index is 2.23. The maximum atomic E-state index is 12.2. The first-order valence-electron chi connectivity index (χ1n) is 3.99. The zero-order chi connectivity index (χ0) is 8.06. The van der Waals surface area contributed by atoms with Gasteiger partial charge in [0.15, 0.2) is 0 Å². The molecule has 1 saturated carbocycles. The largest absolute Gasteiger partial charge is 0.505 e. The summed E-state index contributed by atoms with van der Waals surface area (Å²) in [5.74, 6) is 0.110. The molecule has 2 unspecified atom stereocenters. The molecule has 0 amide bonds. The Morgan fingerprint density at radius 2 is 2.00 bits per heavy atom. The fourth-order valence-corrected chi connectivity index (χ4v) is 2.26. The molecular formula is C7H9BF3-. The Morgan fingerprint density at radius 3 is 2.27 bits per heavy atom. The normalized spacial score (nSPS) is 36.1. The number of fused-ring (bicyclic) bond motifs is 2. The highest BCUT2D eigenvalue weighted by Crippen LogP contribution is 2.47. The van der Waals surface area contributed by atoms with Crippen molar-refractivity contribution in [3.8, 4) is 0 Å². The van der Waals surface area contributed by atoms with Crippen molar-refractivity contribution in [1.82, 2.24) is 0 Å². The first kappa shape index (κ1) is 7.26. The molecule has 0 nitrogen and oxygen atoms in total. The van der Waals surface area contributed by atoms with Crippen LogP contribution in [0.2, 0.25) is 0 Å². The van der Waals surface area contributed by atoms with Crippen LogP contribution in [-0.2, 0) is 0 Å². The van der Waals surface area contributed by atoms with Crippen LogP contribution in [0.1, 0.15) is 19.3 Å². The summed E-state index contributed by atoms with van der Waals surface area (Å²) in [6, 6.07) is 0. The third-order valence-electron chi connectivity index (χ3n) is 2.75. The molecule has 0 heterocycles. The Hall–Kier alpha value is -0.405. The van der Waals surface area contributed by atoms with Crippen LogP contribution in [0.5, 0.6) is 0 Å². The van der Waals surface area contributed by atoms with E-state index in [9.17, 15) is 12.9 Å². The van der Waals surface area contributed by atoms with Gasteiger partial charge < -0.3 is 12.9 Å². The van der Waals surface area contributed by atoms with Crippen molar-refractivity contribution in [2.24, 2.45) is 11.8 Å². The maximum absolute atomic E-state index is 12.2. The van der Waals surface area contributed by atoms with Crippen molar-refractivity contribution in [1.29, 1.82) is 0 Å². The Morgan fingerprint density at radius 1 is 1.27 bits per heavy atom. The molecule has 0 aliphatic heterocycles. The molecule has 0 saturated heterocycles. The van der Waals surface area contributed by atoms with E-state index in [4.69, 9.17) is 0 Å². The van der Waals surface area contributed by atoms with Gasteiger partial charge in [0.25, 0.3) is 0 Å². The summed E-state index contributed by atoms with van der Waals surface area (Å²) in [6.07, 6.45) is 3.95. The number of rotatable bonds is 1. The van der Waals surface area contributed by atoms with Gasteiger partial charge in [0.2, 0.25) is 0 Å². The van der Waals surface area contributed by atoms with Gasteiger partial charge >= 0.3 is 6.98 Å².